The van der Waals surface area contributed by atoms with E-state index in [-0.39, 0.29) is 0 Å². The molecule has 1 atom stereocenters. The molecule has 0 saturated carbocycles. The van der Waals surface area contributed by atoms with Crippen molar-refractivity contribution in [3.63, 3.8) is 0 Å². The Morgan fingerprint density at radius 3 is 2.75 bits per heavy atom. The Labute approximate surface area is 78.9 Å². The minimum Gasteiger partial charge on any atom is -0.313 e. The van der Waals surface area contributed by atoms with Crippen LogP contribution in [0.15, 0.2) is 0 Å². The summed E-state index contributed by atoms with van der Waals surface area (Å²) in [7, 11) is 0. The van der Waals surface area contributed by atoms with Gasteiger partial charge in [0.15, 0.2) is 0 Å². The van der Waals surface area contributed by atoms with Crippen LogP contribution in [0.2, 0.25) is 0 Å². The van der Waals surface area contributed by atoms with E-state index in [9.17, 15) is 0 Å². The van der Waals surface area contributed by atoms with Gasteiger partial charge in [0, 0.05) is 24.7 Å². The van der Waals surface area contributed by atoms with E-state index in [0.717, 1.165) is 6.54 Å². The minimum atomic E-state index is 0.447. The van der Waals surface area contributed by atoms with Gasteiger partial charge >= 0.3 is 0 Å². The van der Waals surface area contributed by atoms with Crippen molar-refractivity contribution in [3.05, 3.63) is 0 Å². The molecule has 2 N–H and O–H groups in total. The van der Waals surface area contributed by atoms with Crippen LogP contribution in [0.25, 0.3) is 0 Å². The Hall–Kier alpha value is 0.270. The first kappa shape index (κ1) is 8.85. The van der Waals surface area contributed by atoms with Gasteiger partial charge in [-0.1, -0.05) is 0 Å². The maximum atomic E-state index is 3.76. The molecule has 3 heteroatoms. The van der Waals surface area contributed by atoms with Gasteiger partial charge in [0.05, 0.1) is 0 Å². The highest BCUT2D eigenvalue weighted by Crippen LogP contribution is 2.28. The second-order valence-corrected chi connectivity index (χ2v) is 5.29. The van der Waals surface area contributed by atoms with Gasteiger partial charge in [0.1, 0.15) is 0 Å². The van der Waals surface area contributed by atoms with Gasteiger partial charge in [0.25, 0.3) is 0 Å². The lowest BCUT2D eigenvalue weighted by Crippen LogP contribution is -2.64. The van der Waals surface area contributed by atoms with Crippen LogP contribution in [0.4, 0.5) is 0 Å². The lowest BCUT2D eigenvalue weighted by molar-refractivity contribution is 0.216. The van der Waals surface area contributed by atoms with Crippen molar-refractivity contribution in [3.8, 4) is 0 Å². The van der Waals surface area contributed by atoms with Gasteiger partial charge in [-0.2, -0.15) is 11.8 Å². The van der Waals surface area contributed by atoms with Crippen LogP contribution < -0.4 is 10.6 Å². The molecule has 70 valence electrons. The fourth-order valence-electron chi connectivity index (χ4n) is 2.24. The predicted molar refractivity (Wildman–Crippen MR) is 54.8 cm³/mol. The summed E-state index contributed by atoms with van der Waals surface area (Å²) in [6, 6.07) is 0.654. The molecule has 1 spiro atoms. The number of nitrogens with one attached hydrogen (secondary N) is 2. The molecular weight excluding hydrogens is 168 g/mol. The molecule has 2 fully saturated rings. The number of hydrogen-bond donors (Lipinski definition) is 2. The number of piperazine rings is 1. The average molecular weight is 186 g/mol. The van der Waals surface area contributed by atoms with Gasteiger partial charge in [-0.05, 0) is 31.3 Å². The van der Waals surface area contributed by atoms with E-state index in [1.807, 2.05) is 0 Å². The summed E-state index contributed by atoms with van der Waals surface area (Å²) in [6.45, 7) is 4.59. The normalized spacial score (nSPS) is 35.2. The number of hydrogen-bond acceptors (Lipinski definition) is 3. The van der Waals surface area contributed by atoms with Crippen molar-refractivity contribution in [2.45, 2.75) is 31.3 Å². The van der Waals surface area contributed by atoms with Crippen molar-refractivity contribution in [1.29, 1.82) is 0 Å². The molecule has 0 amide bonds. The van der Waals surface area contributed by atoms with Crippen molar-refractivity contribution < 1.29 is 0 Å². The third kappa shape index (κ3) is 1.78. The smallest absolute Gasteiger partial charge is 0.0324 e. The fourth-order valence-corrected chi connectivity index (χ4v) is 3.51. The van der Waals surface area contributed by atoms with E-state index < -0.39 is 0 Å². The highest BCUT2D eigenvalue weighted by molar-refractivity contribution is 7.99. The molecule has 2 saturated heterocycles. The van der Waals surface area contributed by atoms with Crippen molar-refractivity contribution in [2.75, 3.05) is 24.6 Å². The topological polar surface area (TPSA) is 24.1 Å². The van der Waals surface area contributed by atoms with Gasteiger partial charge in [-0.25, -0.2) is 0 Å². The number of rotatable bonds is 0. The second kappa shape index (κ2) is 3.56. The molecule has 0 aliphatic carbocycles. The van der Waals surface area contributed by atoms with E-state index in [1.54, 1.807) is 0 Å². The van der Waals surface area contributed by atoms with E-state index in [2.05, 4.69) is 29.3 Å². The lowest BCUT2D eigenvalue weighted by atomic mass is 9.89. The zero-order chi connectivity index (χ0) is 8.44. The van der Waals surface area contributed by atoms with E-state index in [0.29, 0.717) is 11.6 Å². The summed E-state index contributed by atoms with van der Waals surface area (Å²) in [5.41, 5.74) is 0.447. The fraction of sp³-hybridized carbons (Fsp3) is 1.00. The second-order valence-electron chi connectivity index (χ2n) is 4.07. The Morgan fingerprint density at radius 1 is 1.33 bits per heavy atom. The summed E-state index contributed by atoms with van der Waals surface area (Å²) < 4.78 is 0. The van der Waals surface area contributed by atoms with Gasteiger partial charge < -0.3 is 10.6 Å². The average Bonchev–Trinajstić information content (AvgIpc) is 2.05. The lowest BCUT2D eigenvalue weighted by Gasteiger charge is -2.44. The van der Waals surface area contributed by atoms with Gasteiger partial charge in [-0.3, -0.25) is 0 Å². The molecule has 2 heterocycles. The maximum absolute atomic E-state index is 3.76. The monoisotopic (exact) mass is 186 g/mol. The molecule has 0 aromatic carbocycles. The molecule has 2 aliphatic rings. The van der Waals surface area contributed by atoms with Crippen molar-refractivity contribution in [1.82, 2.24) is 10.6 Å². The largest absolute Gasteiger partial charge is 0.313 e. The maximum Gasteiger partial charge on any atom is 0.0324 e. The predicted octanol–water partition coefficient (Wildman–Crippen LogP) is 0.833. The Kier molecular flexibility index (Phi) is 2.63. The van der Waals surface area contributed by atoms with Crippen LogP contribution in [-0.4, -0.2) is 36.2 Å². The quantitative estimate of drug-likeness (QED) is 0.586. The molecule has 0 aromatic rings. The molecule has 0 radical (unpaired) electrons. The SMILES string of the molecule is C[C@H]1CNCC2(CCSCC2)N1. The van der Waals surface area contributed by atoms with Crippen LogP contribution in [0.3, 0.4) is 0 Å². The molecule has 0 aromatic heterocycles. The third-order valence-corrected chi connectivity index (χ3v) is 3.90. The zero-order valence-electron chi connectivity index (χ0n) is 7.73. The highest BCUT2D eigenvalue weighted by Gasteiger charge is 2.35. The highest BCUT2D eigenvalue weighted by atomic mass is 32.2. The summed E-state index contributed by atoms with van der Waals surface area (Å²) in [6.07, 6.45) is 2.68. The summed E-state index contributed by atoms with van der Waals surface area (Å²) >= 11 is 2.10. The molecule has 2 nitrogen and oxygen atoms in total. The zero-order valence-corrected chi connectivity index (χ0v) is 8.54. The molecular formula is C9H18N2S. The summed E-state index contributed by atoms with van der Waals surface area (Å²) in [5, 5.41) is 7.28. The minimum absolute atomic E-state index is 0.447. The van der Waals surface area contributed by atoms with Crippen LogP contribution in [0, 0.1) is 0 Å². The summed E-state index contributed by atoms with van der Waals surface area (Å²) in [5.74, 6) is 2.67. The van der Waals surface area contributed by atoms with Crippen molar-refractivity contribution in [2.24, 2.45) is 0 Å². The van der Waals surface area contributed by atoms with E-state index in [1.165, 1.54) is 30.9 Å². The molecule has 0 unspecified atom stereocenters. The Balaban J connectivity index is 1.97. The molecule has 2 aliphatic heterocycles. The van der Waals surface area contributed by atoms with Crippen LogP contribution in [-0.2, 0) is 0 Å². The Morgan fingerprint density at radius 2 is 2.08 bits per heavy atom. The first-order chi connectivity index (χ1) is 5.81. The van der Waals surface area contributed by atoms with Crippen molar-refractivity contribution >= 4 is 11.8 Å². The first-order valence-electron chi connectivity index (χ1n) is 4.87. The standard InChI is InChI=1S/C9H18N2S/c1-8-6-10-7-9(11-8)2-4-12-5-3-9/h8,10-11H,2-7H2,1H3/t8-/m0/s1. The first-order valence-corrected chi connectivity index (χ1v) is 6.02. The van der Waals surface area contributed by atoms with Gasteiger partial charge in [0.2, 0.25) is 0 Å². The van der Waals surface area contributed by atoms with E-state index in [4.69, 9.17) is 0 Å². The summed E-state index contributed by atoms with van der Waals surface area (Å²) in [4.78, 5) is 0. The third-order valence-electron chi connectivity index (χ3n) is 2.92. The van der Waals surface area contributed by atoms with Crippen LogP contribution in [0.1, 0.15) is 19.8 Å². The molecule has 12 heavy (non-hydrogen) atoms. The van der Waals surface area contributed by atoms with Crippen LogP contribution >= 0.6 is 11.8 Å². The molecule has 0 bridgehead atoms. The number of thioether (sulfide) groups is 1. The Bertz CT molecular complexity index is 149. The van der Waals surface area contributed by atoms with Crippen LogP contribution in [0.5, 0.6) is 0 Å². The van der Waals surface area contributed by atoms with Gasteiger partial charge in [-0.15, -0.1) is 0 Å². The molecule has 2 rings (SSSR count). The van der Waals surface area contributed by atoms with E-state index >= 15 is 0 Å².